The van der Waals surface area contributed by atoms with E-state index in [0.29, 0.717) is 25.7 Å². The maximum Gasteiger partial charge on any atom is 0.470 e. The summed E-state index contributed by atoms with van der Waals surface area (Å²) in [5.74, 6) is -1.45. The van der Waals surface area contributed by atoms with Gasteiger partial charge in [-0.3, -0.25) is 18.9 Å². The van der Waals surface area contributed by atoms with Gasteiger partial charge in [-0.2, -0.15) is 0 Å². The van der Waals surface area contributed by atoms with Crippen molar-refractivity contribution >= 4 is 25.5 Å². The van der Waals surface area contributed by atoms with E-state index in [2.05, 4.69) is 45.2 Å². The van der Waals surface area contributed by atoms with E-state index < -0.39 is 94.1 Å². The number of esters is 1. The molecule has 2 fully saturated rings. The number of nitrogens with one attached hydrogen (secondary N) is 1. The van der Waals surface area contributed by atoms with Crippen LogP contribution in [0.4, 0.5) is 0 Å². The molecule has 0 saturated carbocycles. The Morgan fingerprint density at radius 1 is 0.529 bits per heavy atom. The maximum atomic E-state index is 13.9. The van der Waals surface area contributed by atoms with Crippen molar-refractivity contribution in [1.82, 2.24) is 5.32 Å². The number of ether oxygens (including phenoxy) is 8. The Labute approximate surface area is 515 Å². The summed E-state index contributed by atoms with van der Waals surface area (Å²) in [6, 6.07) is -1.24. The molecule has 2 saturated heterocycles. The third-order valence-corrected chi connectivity index (χ3v) is 17.0. The Morgan fingerprint density at radius 3 is 1.56 bits per heavy atom. The van der Waals surface area contributed by atoms with E-state index in [1.165, 1.54) is 77.7 Å². The highest BCUT2D eigenvalue weighted by Crippen LogP contribution is 2.43. The van der Waals surface area contributed by atoms with E-state index >= 15 is 0 Å². The normalized spacial score (nSPS) is 23.2. The fourth-order valence-electron chi connectivity index (χ4n) is 11.4. The number of hydrogen-bond acceptors (Lipinski definition) is 15. The lowest BCUT2D eigenvalue weighted by atomic mass is 9.96. The first-order valence-electron chi connectivity index (χ1n) is 34.2. The van der Waals surface area contributed by atoms with Crippen molar-refractivity contribution < 1.29 is 81.4 Å². The molecule has 0 aromatic carbocycles. The van der Waals surface area contributed by atoms with Gasteiger partial charge in [-0.25, -0.2) is 4.57 Å². The first-order chi connectivity index (χ1) is 41.2. The van der Waals surface area contributed by atoms with Gasteiger partial charge in [-0.15, -0.1) is 0 Å². The van der Waals surface area contributed by atoms with E-state index in [1.807, 2.05) is 0 Å². The number of allylic oxidation sites excluding steroid dienone is 2. The molecule has 2 rings (SSSR count). The number of rotatable bonds is 57. The highest BCUT2D eigenvalue weighted by molar-refractivity contribution is 7.46. The van der Waals surface area contributed by atoms with Crippen molar-refractivity contribution in [1.29, 1.82) is 0 Å². The lowest BCUT2D eigenvalue weighted by molar-refractivity contribution is -0.324. The second kappa shape index (κ2) is 51.8. The number of aliphatic hydroxyl groups excluding tert-OH is 2. The molecule has 1 amide bonds. The molecule has 0 aromatic rings. The van der Waals surface area contributed by atoms with Gasteiger partial charge in [0.05, 0.1) is 25.7 Å². The van der Waals surface area contributed by atoms with Gasteiger partial charge in [0.25, 0.3) is 0 Å². The number of aliphatic hydroxyl groups is 2. The van der Waals surface area contributed by atoms with Gasteiger partial charge >= 0.3 is 13.8 Å². The molecular formula is C66H124NO17P. The van der Waals surface area contributed by atoms with Gasteiger partial charge in [0.2, 0.25) is 5.91 Å². The molecule has 0 unspecified atom stereocenters. The Hall–Kier alpha value is -1.90. The third kappa shape index (κ3) is 38.4. The first kappa shape index (κ1) is 79.2. The summed E-state index contributed by atoms with van der Waals surface area (Å²) in [4.78, 5) is 61.0. The number of amides is 1. The summed E-state index contributed by atoms with van der Waals surface area (Å²) in [7, 11) is -2.21. The van der Waals surface area contributed by atoms with Crippen LogP contribution in [-0.4, -0.2) is 146 Å². The molecule has 2 aliphatic heterocycles. The molecule has 0 radical (unpaired) electrons. The zero-order chi connectivity index (χ0) is 62.2. The minimum absolute atomic E-state index is 0.0292. The summed E-state index contributed by atoms with van der Waals surface area (Å²) in [6.07, 6.45) is 30.5. The van der Waals surface area contributed by atoms with Crippen molar-refractivity contribution in [2.75, 3.05) is 40.6 Å². The second-order valence-corrected chi connectivity index (χ2v) is 25.3. The van der Waals surface area contributed by atoms with Crippen LogP contribution in [0.2, 0.25) is 0 Å². The van der Waals surface area contributed by atoms with Crippen molar-refractivity contribution in [3.05, 3.63) is 12.2 Å². The van der Waals surface area contributed by atoms with Crippen molar-refractivity contribution in [3.8, 4) is 0 Å². The van der Waals surface area contributed by atoms with Crippen LogP contribution in [0.25, 0.3) is 0 Å². The zero-order valence-electron chi connectivity index (χ0n) is 54.2. The first-order valence-corrected chi connectivity index (χ1v) is 35.7. The molecule has 19 heteroatoms. The van der Waals surface area contributed by atoms with Crippen LogP contribution in [0.1, 0.15) is 285 Å². The number of unbranched alkanes of at least 4 members (excludes halogenated alkanes) is 30. The van der Waals surface area contributed by atoms with Crippen LogP contribution < -0.4 is 5.32 Å². The summed E-state index contributed by atoms with van der Waals surface area (Å²) in [5.41, 5.74) is 0. The van der Waals surface area contributed by atoms with Gasteiger partial charge < -0.3 is 63.2 Å². The number of Topliss-reactive ketones (excluding diaryl/α,β-unsaturated/α-hetero) is 1. The molecule has 11 atom stereocenters. The summed E-state index contributed by atoms with van der Waals surface area (Å²) in [6.45, 7) is 8.31. The third-order valence-electron chi connectivity index (χ3n) is 16.5. The minimum Gasteiger partial charge on any atom is -0.454 e. The minimum atomic E-state index is -5.23. The standard InChI is InChI=1S/C66H124NO17P/c1-7-11-15-19-22-25-26-27-28-29-30-32-34-38-42-46-58(70)83-64-63(79-49-47-54(77-6)45-41-36-18-14-10-4)61(84-85(73,74)75)56(51-76-5)82-66(64)80-52-55-60(71)62(78-48-43-39-35-24-21-17-13-9-3)59(65(72)81-55)67-57(69)50-53(68)44-40-37-33-31-23-20-16-12-8-2/h25-26,54-56,59-66,71-72H,7-24,27-52H2,1-6H3,(H,67,69)(H2,73,74,75)/t54-,55-,56-,59-,60-,61-,62-,63+,64-,65+,66-/m1/s1. The smallest absolute Gasteiger partial charge is 0.454 e. The molecule has 2 aliphatic rings. The van der Waals surface area contributed by atoms with Crippen LogP contribution in [0, 0.1) is 0 Å². The van der Waals surface area contributed by atoms with Crippen LogP contribution in [0.5, 0.6) is 0 Å². The Kier molecular flexibility index (Phi) is 48.3. The Morgan fingerprint density at radius 2 is 1.02 bits per heavy atom. The molecule has 85 heavy (non-hydrogen) atoms. The Bertz CT molecular complexity index is 1710. The van der Waals surface area contributed by atoms with Crippen molar-refractivity contribution in [2.45, 2.75) is 352 Å². The van der Waals surface area contributed by atoms with Gasteiger partial charge in [0.1, 0.15) is 48.4 Å². The number of methoxy groups -OCH3 is 2. The van der Waals surface area contributed by atoms with E-state index in [0.717, 1.165) is 141 Å². The molecule has 0 aliphatic carbocycles. The van der Waals surface area contributed by atoms with Crippen molar-refractivity contribution in [3.63, 3.8) is 0 Å². The van der Waals surface area contributed by atoms with Crippen LogP contribution in [-0.2, 0) is 61.4 Å². The summed E-state index contributed by atoms with van der Waals surface area (Å²) < 4.78 is 67.2. The highest BCUT2D eigenvalue weighted by Gasteiger charge is 2.53. The van der Waals surface area contributed by atoms with E-state index in [-0.39, 0.29) is 44.5 Å². The quantitative estimate of drug-likeness (QED) is 0.0125. The predicted octanol–water partition coefficient (Wildman–Crippen LogP) is 13.9. The Balaban J connectivity index is 2.32. The monoisotopic (exact) mass is 1230 g/mol. The van der Waals surface area contributed by atoms with Crippen LogP contribution in [0.3, 0.4) is 0 Å². The zero-order valence-corrected chi connectivity index (χ0v) is 55.1. The van der Waals surface area contributed by atoms with Crippen LogP contribution in [0.15, 0.2) is 12.2 Å². The lowest BCUT2D eigenvalue weighted by Crippen LogP contribution is -2.66. The van der Waals surface area contributed by atoms with E-state index in [4.69, 9.17) is 42.4 Å². The summed E-state index contributed by atoms with van der Waals surface area (Å²) >= 11 is 0. The summed E-state index contributed by atoms with van der Waals surface area (Å²) in [5, 5.41) is 26.5. The van der Waals surface area contributed by atoms with Gasteiger partial charge in [0, 0.05) is 40.3 Å². The van der Waals surface area contributed by atoms with E-state index in [9.17, 15) is 38.9 Å². The molecule has 0 bridgehead atoms. The lowest BCUT2D eigenvalue weighted by Gasteiger charge is -2.46. The largest absolute Gasteiger partial charge is 0.470 e. The molecule has 500 valence electrons. The molecule has 18 nitrogen and oxygen atoms in total. The average molecular weight is 1230 g/mol. The molecule has 0 spiro atoms. The fourth-order valence-corrected chi connectivity index (χ4v) is 11.9. The number of hydrogen-bond donors (Lipinski definition) is 5. The molecular weight excluding hydrogens is 1110 g/mol. The van der Waals surface area contributed by atoms with Gasteiger partial charge in [-0.1, -0.05) is 220 Å². The van der Waals surface area contributed by atoms with Crippen LogP contribution >= 0.6 is 7.82 Å². The highest BCUT2D eigenvalue weighted by atomic mass is 31.2. The topological polar surface area (TPSA) is 244 Å². The number of carbonyl (C=O) groups is 3. The number of phosphoric acid groups is 1. The van der Waals surface area contributed by atoms with Gasteiger partial charge in [-0.05, 0) is 57.8 Å². The number of phosphoric ester groups is 1. The molecule has 2 heterocycles. The maximum absolute atomic E-state index is 13.9. The second-order valence-electron chi connectivity index (χ2n) is 24.1. The fraction of sp³-hybridized carbons (Fsp3) is 0.924. The van der Waals surface area contributed by atoms with E-state index in [1.54, 1.807) is 7.11 Å². The molecule has 0 aromatic heterocycles. The van der Waals surface area contributed by atoms with Gasteiger partial charge in [0.15, 0.2) is 18.7 Å². The number of ketones is 1. The SMILES string of the molecule is CCCCCCC=CCCCCCCCCCC(=O)O[C@H]1[C@H](OC[C@H]2O[C@H](O)[C@H](NC(=O)CC(=O)CCCCCCCCCCC)[C@@H](OCCCCCCCCCC)[C@@H]2O)O[C@H](COC)[C@@H](OP(=O)(O)O)[C@@H]1OCC[C@@H](CCCCCCC)OC. The number of carbonyl (C=O) groups excluding carboxylic acids is 3. The predicted molar refractivity (Wildman–Crippen MR) is 334 cm³/mol. The average Bonchev–Trinajstić information content (AvgIpc) is 2.05. The molecule has 5 N–H and O–H groups in total. The van der Waals surface area contributed by atoms with Crippen molar-refractivity contribution in [2.24, 2.45) is 0 Å².